The molecule has 0 fully saturated rings. The first-order chi connectivity index (χ1) is 10.1. The monoisotopic (exact) mass is 433 g/mol. The van der Waals surface area contributed by atoms with Crippen LogP contribution in [0.3, 0.4) is 0 Å². The van der Waals surface area contributed by atoms with Gasteiger partial charge in [-0.15, -0.1) is 17.9 Å². The molecule has 2 rings (SSSR count). The van der Waals surface area contributed by atoms with Crippen LogP contribution >= 0.6 is 45.5 Å². The van der Waals surface area contributed by atoms with Crippen LogP contribution in [0.4, 0.5) is 0 Å². The van der Waals surface area contributed by atoms with Gasteiger partial charge in [-0.05, 0) is 52.9 Å². The van der Waals surface area contributed by atoms with Crippen LogP contribution in [0.15, 0.2) is 47.4 Å². The molecule has 0 aliphatic carbocycles. The number of halogens is 2. The van der Waals surface area contributed by atoms with Gasteiger partial charge in [0.25, 0.3) is 0 Å². The zero-order valence-electron chi connectivity index (χ0n) is 11.1. The van der Waals surface area contributed by atoms with E-state index < -0.39 is 0 Å². The highest BCUT2D eigenvalue weighted by Gasteiger charge is 2.11. The number of hydrogen-bond donors (Lipinski definition) is 0. The largest absolute Gasteiger partial charge is 0.451 e. The average molecular weight is 434 g/mol. The van der Waals surface area contributed by atoms with Gasteiger partial charge < -0.3 is 9.32 Å². The first-order valence-electron chi connectivity index (χ1n) is 6.16. The molecular formula is C15H13ClINO2S. The van der Waals surface area contributed by atoms with Gasteiger partial charge in [0, 0.05) is 17.5 Å². The zero-order valence-corrected chi connectivity index (χ0v) is 14.8. The molecule has 0 aliphatic heterocycles. The molecule has 3 nitrogen and oxygen atoms in total. The molecule has 6 heteroatoms. The predicted octanol–water partition coefficient (Wildman–Crippen LogP) is 4.83. The van der Waals surface area contributed by atoms with E-state index in [1.807, 2.05) is 24.3 Å². The van der Waals surface area contributed by atoms with E-state index in [1.54, 1.807) is 17.1 Å². The highest BCUT2D eigenvalue weighted by atomic mass is 127. The second kappa shape index (κ2) is 7.82. The molecule has 2 heterocycles. The number of hydrogen-bond acceptors (Lipinski definition) is 3. The molecule has 21 heavy (non-hydrogen) atoms. The van der Waals surface area contributed by atoms with Crippen molar-refractivity contribution in [3.63, 3.8) is 0 Å². The standard InChI is InChI=1S/C15H13ClINO2S/c1-2-9-18(10-12-5-6-13(16)21-12)15(19)8-4-11-3-7-14(17)20-11/h2-8H,1,9-10H2/b8-4+. The lowest BCUT2D eigenvalue weighted by molar-refractivity contribution is -0.126. The normalized spacial score (nSPS) is 11.0. The van der Waals surface area contributed by atoms with Crippen LogP contribution < -0.4 is 0 Å². The van der Waals surface area contributed by atoms with Crippen LogP contribution in [0.1, 0.15) is 10.6 Å². The molecule has 1 amide bonds. The topological polar surface area (TPSA) is 33.5 Å². The van der Waals surface area contributed by atoms with Crippen molar-refractivity contribution in [1.82, 2.24) is 4.90 Å². The number of nitrogens with zero attached hydrogens (tertiary/aromatic N) is 1. The molecule has 0 aromatic carbocycles. The predicted molar refractivity (Wildman–Crippen MR) is 95.4 cm³/mol. The molecule has 0 aliphatic rings. The van der Waals surface area contributed by atoms with Crippen LogP contribution in [0.5, 0.6) is 0 Å². The Bertz CT molecular complexity index is 662. The van der Waals surface area contributed by atoms with Crippen molar-refractivity contribution in [2.75, 3.05) is 6.54 Å². The van der Waals surface area contributed by atoms with Crippen molar-refractivity contribution in [3.8, 4) is 0 Å². The van der Waals surface area contributed by atoms with Crippen LogP contribution in [-0.4, -0.2) is 17.4 Å². The van der Waals surface area contributed by atoms with Gasteiger partial charge in [0.1, 0.15) is 5.76 Å². The SMILES string of the molecule is C=CCN(Cc1ccc(Cl)s1)C(=O)/C=C/c1ccc(I)o1. The van der Waals surface area contributed by atoms with E-state index in [2.05, 4.69) is 29.2 Å². The molecule has 0 saturated carbocycles. The summed E-state index contributed by atoms with van der Waals surface area (Å²) in [6.07, 6.45) is 4.88. The van der Waals surface area contributed by atoms with Crippen LogP contribution in [-0.2, 0) is 11.3 Å². The smallest absolute Gasteiger partial charge is 0.247 e. The van der Waals surface area contributed by atoms with Crippen molar-refractivity contribution in [3.05, 3.63) is 61.7 Å². The van der Waals surface area contributed by atoms with Crippen molar-refractivity contribution < 1.29 is 9.21 Å². The van der Waals surface area contributed by atoms with Crippen molar-refractivity contribution >= 4 is 57.5 Å². The third-order valence-electron chi connectivity index (χ3n) is 2.62. The molecule has 0 unspecified atom stereocenters. The second-order valence-electron chi connectivity index (χ2n) is 4.19. The van der Waals surface area contributed by atoms with E-state index in [4.69, 9.17) is 16.0 Å². The first kappa shape index (κ1) is 16.3. The number of carbonyl (C=O) groups is 1. The van der Waals surface area contributed by atoms with Crippen molar-refractivity contribution in [2.24, 2.45) is 0 Å². The highest BCUT2D eigenvalue weighted by Crippen LogP contribution is 2.23. The average Bonchev–Trinajstić information content (AvgIpc) is 3.04. The molecule has 0 spiro atoms. The number of rotatable bonds is 6. The Morgan fingerprint density at radius 3 is 2.81 bits per heavy atom. The summed E-state index contributed by atoms with van der Waals surface area (Å²) in [5.41, 5.74) is 0. The number of amides is 1. The van der Waals surface area contributed by atoms with Crippen molar-refractivity contribution in [1.29, 1.82) is 0 Å². The zero-order chi connectivity index (χ0) is 15.2. The lowest BCUT2D eigenvalue weighted by atomic mass is 10.3. The maximum Gasteiger partial charge on any atom is 0.247 e. The summed E-state index contributed by atoms with van der Waals surface area (Å²) in [7, 11) is 0. The fourth-order valence-corrected chi connectivity index (χ4v) is 3.23. The third-order valence-corrected chi connectivity index (χ3v) is 4.42. The fourth-order valence-electron chi connectivity index (χ4n) is 1.69. The van der Waals surface area contributed by atoms with E-state index in [0.29, 0.717) is 18.8 Å². The van der Waals surface area contributed by atoms with E-state index in [0.717, 1.165) is 13.0 Å². The maximum atomic E-state index is 12.2. The first-order valence-corrected chi connectivity index (χ1v) is 8.43. The molecule has 0 N–H and O–H groups in total. The Morgan fingerprint density at radius 1 is 1.43 bits per heavy atom. The summed E-state index contributed by atoms with van der Waals surface area (Å²) in [6, 6.07) is 7.43. The molecule has 0 atom stereocenters. The van der Waals surface area contributed by atoms with Gasteiger partial charge in [-0.1, -0.05) is 17.7 Å². The minimum atomic E-state index is -0.0918. The Kier molecular flexibility index (Phi) is 6.08. The minimum absolute atomic E-state index is 0.0918. The lowest BCUT2D eigenvalue weighted by Gasteiger charge is -2.18. The van der Waals surface area contributed by atoms with E-state index >= 15 is 0 Å². The lowest BCUT2D eigenvalue weighted by Crippen LogP contribution is -2.28. The molecule has 110 valence electrons. The molecular weight excluding hydrogens is 421 g/mol. The number of carbonyl (C=O) groups excluding carboxylic acids is 1. The Morgan fingerprint density at radius 2 is 2.24 bits per heavy atom. The Balaban J connectivity index is 2.04. The minimum Gasteiger partial charge on any atom is -0.451 e. The fraction of sp³-hybridized carbons (Fsp3) is 0.133. The summed E-state index contributed by atoms with van der Waals surface area (Å²) in [6.45, 7) is 4.69. The van der Waals surface area contributed by atoms with Crippen LogP contribution in [0, 0.1) is 3.77 Å². The van der Waals surface area contributed by atoms with Gasteiger partial charge in [-0.2, -0.15) is 0 Å². The highest BCUT2D eigenvalue weighted by molar-refractivity contribution is 14.1. The van der Waals surface area contributed by atoms with Gasteiger partial charge >= 0.3 is 0 Å². The molecule has 0 radical (unpaired) electrons. The van der Waals surface area contributed by atoms with Gasteiger partial charge in [-0.25, -0.2) is 0 Å². The maximum absolute atomic E-state index is 12.2. The second-order valence-corrected chi connectivity index (χ2v) is 7.05. The molecule has 0 bridgehead atoms. The molecule has 0 saturated heterocycles. The molecule has 2 aromatic heterocycles. The number of thiophene rings is 1. The molecule has 2 aromatic rings. The summed E-state index contributed by atoms with van der Waals surface area (Å²) in [5.74, 6) is 0.566. The summed E-state index contributed by atoms with van der Waals surface area (Å²) in [5, 5.41) is 0. The van der Waals surface area contributed by atoms with E-state index in [1.165, 1.54) is 17.4 Å². The van der Waals surface area contributed by atoms with Gasteiger partial charge in [0.05, 0.1) is 10.9 Å². The van der Waals surface area contributed by atoms with Gasteiger partial charge in [0.15, 0.2) is 3.77 Å². The van der Waals surface area contributed by atoms with E-state index in [9.17, 15) is 4.79 Å². The quantitative estimate of drug-likeness (QED) is 0.371. The van der Waals surface area contributed by atoms with Crippen molar-refractivity contribution in [2.45, 2.75) is 6.54 Å². The summed E-state index contributed by atoms with van der Waals surface area (Å²) >= 11 is 9.46. The summed E-state index contributed by atoms with van der Waals surface area (Å²) in [4.78, 5) is 15.0. The number of furan rings is 1. The third kappa shape index (κ3) is 5.01. The van der Waals surface area contributed by atoms with Gasteiger partial charge in [0.2, 0.25) is 5.91 Å². The van der Waals surface area contributed by atoms with E-state index in [-0.39, 0.29) is 5.91 Å². The van der Waals surface area contributed by atoms with Crippen LogP contribution in [0.2, 0.25) is 4.34 Å². The summed E-state index contributed by atoms with van der Waals surface area (Å²) < 4.78 is 6.90. The van der Waals surface area contributed by atoms with Gasteiger partial charge in [-0.3, -0.25) is 4.79 Å². The Labute approximate surface area is 146 Å². The van der Waals surface area contributed by atoms with Crippen LogP contribution in [0.25, 0.3) is 6.08 Å². The Hall–Kier alpha value is -1.05.